The summed E-state index contributed by atoms with van der Waals surface area (Å²) < 4.78 is 5.45. The van der Waals surface area contributed by atoms with Gasteiger partial charge < -0.3 is 15.4 Å². The van der Waals surface area contributed by atoms with Crippen LogP contribution in [-0.4, -0.2) is 42.6 Å². The van der Waals surface area contributed by atoms with Gasteiger partial charge in [0.25, 0.3) is 5.91 Å². The van der Waals surface area contributed by atoms with Crippen molar-refractivity contribution in [2.45, 2.75) is 26.5 Å². The summed E-state index contributed by atoms with van der Waals surface area (Å²) in [5, 5.41) is 9.33. The van der Waals surface area contributed by atoms with Gasteiger partial charge in [0.1, 0.15) is 6.10 Å². The predicted octanol–water partition coefficient (Wildman–Crippen LogP) is 1.74. The van der Waals surface area contributed by atoms with Crippen molar-refractivity contribution in [3.8, 4) is 10.6 Å². The number of aromatic nitrogens is 1. The molecule has 3 N–H and O–H groups in total. The Morgan fingerprint density at radius 3 is 2.96 bits per heavy atom. The Balaban J connectivity index is 1.67. The SMILES string of the molecule is CC(=O)NCc1ccc(-c2nc(NC(=O)[C@H]3CNCCO3)sc2C)s1. The number of carbonyl (C=O) groups is 2. The van der Waals surface area contributed by atoms with E-state index in [1.54, 1.807) is 11.3 Å². The van der Waals surface area contributed by atoms with Gasteiger partial charge in [-0.25, -0.2) is 4.98 Å². The molecule has 9 heteroatoms. The summed E-state index contributed by atoms with van der Waals surface area (Å²) >= 11 is 3.03. The summed E-state index contributed by atoms with van der Waals surface area (Å²) in [6, 6.07) is 3.97. The van der Waals surface area contributed by atoms with Gasteiger partial charge in [0.05, 0.1) is 23.7 Å². The fourth-order valence-corrected chi connectivity index (χ4v) is 4.30. The highest BCUT2D eigenvalue weighted by molar-refractivity contribution is 7.18. The van der Waals surface area contributed by atoms with Gasteiger partial charge in [0.2, 0.25) is 5.91 Å². The fraction of sp³-hybridized carbons (Fsp3) is 0.438. The summed E-state index contributed by atoms with van der Waals surface area (Å²) in [4.78, 5) is 30.9. The molecule has 2 aromatic heterocycles. The fourth-order valence-electron chi connectivity index (χ4n) is 2.41. The molecule has 1 aliphatic rings. The van der Waals surface area contributed by atoms with Crippen LogP contribution in [0.3, 0.4) is 0 Å². The average Bonchev–Trinajstić information content (AvgIpc) is 3.20. The van der Waals surface area contributed by atoms with Crippen LogP contribution in [0.1, 0.15) is 16.7 Å². The molecule has 0 spiro atoms. The van der Waals surface area contributed by atoms with Gasteiger partial charge in [-0.15, -0.1) is 22.7 Å². The number of ether oxygens (including phenoxy) is 1. The summed E-state index contributed by atoms with van der Waals surface area (Å²) in [6.07, 6.45) is -0.479. The van der Waals surface area contributed by atoms with E-state index in [-0.39, 0.29) is 11.8 Å². The van der Waals surface area contributed by atoms with Crippen LogP contribution in [0.25, 0.3) is 10.6 Å². The number of morpholine rings is 1. The van der Waals surface area contributed by atoms with Crippen LogP contribution in [0.4, 0.5) is 5.13 Å². The third-order valence-electron chi connectivity index (χ3n) is 3.65. The molecular weight excluding hydrogens is 360 g/mol. The zero-order valence-corrected chi connectivity index (χ0v) is 15.7. The second-order valence-electron chi connectivity index (χ2n) is 5.65. The molecule has 134 valence electrons. The van der Waals surface area contributed by atoms with Gasteiger partial charge >= 0.3 is 0 Å². The number of nitrogens with zero attached hydrogens (tertiary/aromatic N) is 1. The van der Waals surface area contributed by atoms with E-state index < -0.39 is 6.10 Å². The minimum atomic E-state index is -0.479. The Kier molecular flexibility index (Phi) is 5.79. The number of thiophene rings is 1. The third kappa shape index (κ3) is 4.63. The molecule has 25 heavy (non-hydrogen) atoms. The zero-order chi connectivity index (χ0) is 17.8. The van der Waals surface area contributed by atoms with Crippen LogP contribution in [0.2, 0.25) is 0 Å². The lowest BCUT2D eigenvalue weighted by Gasteiger charge is -2.22. The molecule has 2 amide bonds. The molecular formula is C16H20N4O3S2. The number of amides is 2. The first-order chi connectivity index (χ1) is 12.0. The second-order valence-corrected chi connectivity index (χ2v) is 8.02. The first-order valence-electron chi connectivity index (χ1n) is 7.97. The molecule has 3 heterocycles. The molecule has 0 aromatic carbocycles. The number of nitrogens with one attached hydrogen (secondary N) is 3. The zero-order valence-electron chi connectivity index (χ0n) is 14.0. The van der Waals surface area contributed by atoms with E-state index in [2.05, 4.69) is 20.9 Å². The van der Waals surface area contributed by atoms with E-state index in [0.717, 1.165) is 26.9 Å². The van der Waals surface area contributed by atoms with Crippen molar-refractivity contribution >= 4 is 39.6 Å². The van der Waals surface area contributed by atoms with E-state index in [9.17, 15) is 9.59 Å². The number of rotatable bonds is 5. The largest absolute Gasteiger partial charge is 0.366 e. The molecule has 1 saturated heterocycles. The predicted molar refractivity (Wildman–Crippen MR) is 98.9 cm³/mol. The first-order valence-corrected chi connectivity index (χ1v) is 9.60. The Bertz CT molecular complexity index is 765. The molecule has 1 atom stereocenters. The molecule has 0 radical (unpaired) electrons. The number of aryl methyl sites for hydroxylation is 1. The van der Waals surface area contributed by atoms with Crippen molar-refractivity contribution < 1.29 is 14.3 Å². The van der Waals surface area contributed by atoms with E-state index in [0.29, 0.717) is 24.8 Å². The molecule has 2 aromatic rings. The van der Waals surface area contributed by atoms with E-state index in [1.807, 2.05) is 19.1 Å². The maximum absolute atomic E-state index is 12.2. The standard InChI is InChI=1S/C16H20N4O3S2/c1-9-14(13-4-3-11(25-13)7-18-10(2)21)19-16(24-9)20-15(22)12-8-17-5-6-23-12/h3-4,12,17H,5-8H2,1-2H3,(H,18,21)(H,19,20,22)/t12-/m1/s1. The lowest BCUT2D eigenvalue weighted by Crippen LogP contribution is -2.45. The van der Waals surface area contributed by atoms with Gasteiger partial charge in [0, 0.05) is 29.8 Å². The van der Waals surface area contributed by atoms with Crippen molar-refractivity contribution in [2.24, 2.45) is 0 Å². The summed E-state index contributed by atoms with van der Waals surface area (Å²) in [7, 11) is 0. The Labute approximate surface area is 153 Å². The molecule has 0 unspecified atom stereocenters. The minimum absolute atomic E-state index is 0.0517. The number of thiazole rings is 1. The van der Waals surface area contributed by atoms with Crippen molar-refractivity contribution in [1.29, 1.82) is 0 Å². The topological polar surface area (TPSA) is 92.4 Å². The number of anilines is 1. The van der Waals surface area contributed by atoms with Gasteiger partial charge in [-0.05, 0) is 19.1 Å². The maximum Gasteiger partial charge on any atom is 0.256 e. The van der Waals surface area contributed by atoms with Crippen LogP contribution < -0.4 is 16.0 Å². The number of hydrogen-bond donors (Lipinski definition) is 3. The van der Waals surface area contributed by atoms with Crippen LogP contribution in [0.5, 0.6) is 0 Å². The van der Waals surface area contributed by atoms with Crippen molar-refractivity contribution in [3.05, 3.63) is 21.9 Å². The summed E-state index contributed by atoms with van der Waals surface area (Å²) in [6.45, 7) is 5.81. The summed E-state index contributed by atoms with van der Waals surface area (Å²) in [5.41, 5.74) is 0.863. The Morgan fingerprint density at radius 2 is 2.24 bits per heavy atom. The molecule has 1 aliphatic heterocycles. The van der Waals surface area contributed by atoms with Crippen molar-refractivity contribution in [1.82, 2.24) is 15.6 Å². The average molecular weight is 380 g/mol. The molecule has 1 fully saturated rings. The van der Waals surface area contributed by atoms with Crippen LogP contribution in [0.15, 0.2) is 12.1 Å². The van der Waals surface area contributed by atoms with Crippen LogP contribution in [0, 0.1) is 6.92 Å². The van der Waals surface area contributed by atoms with Gasteiger partial charge in [-0.3, -0.25) is 14.9 Å². The van der Waals surface area contributed by atoms with Crippen molar-refractivity contribution in [3.63, 3.8) is 0 Å². The van der Waals surface area contributed by atoms with Gasteiger partial charge in [-0.2, -0.15) is 0 Å². The second kappa shape index (κ2) is 8.05. The van der Waals surface area contributed by atoms with E-state index in [4.69, 9.17) is 4.74 Å². The third-order valence-corrected chi connectivity index (χ3v) is 5.63. The number of hydrogen-bond acceptors (Lipinski definition) is 7. The van der Waals surface area contributed by atoms with Crippen molar-refractivity contribution in [2.75, 3.05) is 25.0 Å². The molecule has 0 saturated carbocycles. The highest BCUT2D eigenvalue weighted by Crippen LogP contribution is 2.34. The van der Waals surface area contributed by atoms with Crippen LogP contribution in [-0.2, 0) is 20.9 Å². The molecule has 3 rings (SSSR count). The van der Waals surface area contributed by atoms with E-state index >= 15 is 0 Å². The van der Waals surface area contributed by atoms with Crippen LogP contribution >= 0.6 is 22.7 Å². The smallest absolute Gasteiger partial charge is 0.256 e. The van der Waals surface area contributed by atoms with Gasteiger partial charge in [0.15, 0.2) is 5.13 Å². The molecule has 7 nitrogen and oxygen atoms in total. The molecule has 0 bridgehead atoms. The quantitative estimate of drug-likeness (QED) is 0.735. The Hall–Kier alpha value is -1.81. The highest BCUT2D eigenvalue weighted by atomic mass is 32.1. The monoisotopic (exact) mass is 380 g/mol. The lowest BCUT2D eigenvalue weighted by molar-refractivity contribution is -0.128. The Morgan fingerprint density at radius 1 is 1.40 bits per heavy atom. The highest BCUT2D eigenvalue weighted by Gasteiger charge is 2.23. The number of carbonyl (C=O) groups excluding carboxylic acids is 2. The lowest BCUT2D eigenvalue weighted by atomic mass is 10.3. The maximum atomic E-state index is 12.2. The summed E-state index contributed by atoms with van der Waals surface area (Å²) in [5.74, 6) is -0.228. The van der Waals surface area contributed by atoms with E-state index in [1.165, 1.54) is 18.3 Å². The van der Waals surface area contributed by atoms with Gasteiger partial charge in [-0.1, -0.05) is 0 Å². The minimum Gasteiger partial charge on any atom is -0.366 e. The first kappa shape index (κ1) is 18.0. The molecule has 0 aliphatic carbocycles. The normalized spacial score (nSPS) is 17.3.